The van der Waals surface area contributed by atoms with Crippen molar-refractivity contribution in [3.8, 4) is 0 Å². The molecule has 1 aromatic heterocycles. The number of pyridine rings is 1. The predicted octanol–water partition coefficient (Wildman–Crippen LogP) is 1.89. The molecule has 3 nitrogen and oxygen atoms in total. The molecule has 0 spiro atoms. The van der Waals surface area contributed by atoms with E-state index in [2.05, 4.69) is 4.98 Å². The summed E-state index contributed by atoms with van der Waals surface area (Å²) >= 11 is 0. The van der Waals surface area contributed by atoms with Gasteiger partial charge in [0.25, 0.3) is 0 Å². The van der Waals surface area contributed by atoms with E-state index in [1.54, 1.807) is 6.08 Å². The lowest BCUT2D eigenvalue weighted by molar-refractivity contribution is -0.114. The van der Waals surface area contributed by atoms with Gasteiger partial charge in [-0.05, 0) is 35.8 Å². The molecule has 78 valence electrons. The third-order valence-corrected chi connectivity index (χ3v) is 2.55. The van der Waals surface area contributed by atoms with Crippen molar-refractivity contribution in [1.82, 2.24) is 4.98 Å². The molecular formula is C12H14N2O. The molecule has 3 heteroatoms. The Kier molecular flexibility index (Phi) is 2.54. The van der Waals surface area contributed by atoms with Crippen LogP contribution in [0.2, 0.25) is 0 Å². The van der Waals surface area contributed by atoms with Gasteiger partial charge in [-0.3, -0.25) is 4.79 Å². The highest BCUT2D eigenvalue weighted by Gasteiger charge is 2.13. The van der Waals surface area contributed by atoms with E-state index in [1.165, 1.54) is 0 Å². The van der Waals surface area contributed by atoms with E-state index >= 15 is 0 Å². The van der Waals surface area contributed by atoms with Gasteiger partial charge in [0, 0.05) is 26.7 Å². The Morgan fingerprint density at radius 3 is 2.53 bits per heavy atom. The molecular weight excluding hydrogens is 188 g/mol. The van der Waals surface area contributed by atoms with Crippen molar-refractivity contribution in [2.45, 2.75) is 12.8 Å². The number of hydrogen-bond acceptors (Lipinski definition) is 3. The zero-order valence-corrected chi connectivity index (χ0v) is 9.03. The van der Waals surface area contributed by atoms with Crippen LogP contribution >= 0.6 is 0 Å². The minimum Gasteiger partial charge on any atom is -0.363 e. The Morgan fingerprint density at radius 1 is 1.27 bits per heavy atom. The summed E-state index contributed by atoms with van der Waals surface area (Å²) in [5.74, 6) is 1.16. The number of carbonyl (C=O) groups is 1. The topological polar surface area (TPSA) is 33.2 Å². The lowest BCUT2D eigenvalue weighted by Crippen LogP contribution is -2.10. The summed E-state index contributed by atoms with van der Waals surface area (Å²) in [5, 5.41) is 0. The number of ketones is 1. The van der Waals surface area contributed by atoms with Crippen LogP contribution in [-0.2, 0) is 4.79 Å². The molecule has 0 atom stereocenters. The van der Waals surface area contributed by atoms with Gasteiger partial charge in [-0.15, -0.1) is 0 Å². The highest BCUT2D eigenvalue weighted by Crippen LogP contribution is 2.25. The number of rotatable bonds is 2. The molecule has 1 aromatic rings. The predicted molar refractivity (Wildman–Crippen MR) is 60.8 cm³/mol. The van der Waals surface area contributed by atoms with Crippen LogP contribution in [0.15, 0.2) is 24.4 Å². The van der Waals surface area contributed by atoms with Crippen LogP contribution in [0.1, 0.15) is 18.4 Å². The highest BCUT2D eigenvalue weighted by atomic mass is 16.1. The largest absolute Gasteiger partial charge is 0.363 e. The van der Waals surface area contributed by atoms with E-state index < -0.39 is 0 Å². The quantitative estimate of drug-likeness (QED) is 0.734. The molecule has 2 rings (SSSR count). The summed E-state index contributed by atoms with van der Waals surface area (Å²) in [4.78, 5) is 17.4. The molecule has 0 unspecified atom stereocenters. The van der Waals surface area contributed by atoms with Crippen molar-refractivity contribution in [3.05, 3.63) is 30.0 Å². The van der Waals surface area contributed by atoms with E-state index in [0.717, 1.165) is 23.4 Å². The molecule has 0 saturated heterocycles. The maximum Gasteiger partial charge on any atom is 0.156 e. The Hall–Kier alpha value is -1.64. The Balaban J connectivity index is 2.24. The van der Waals surface area contributed by atoms with Gasteiger partial charge in [0.15, 0.2) is 5.78 Å². The Morgan fingerprint density at radius 2 is 2.07 bits per heavy atom. The first-order valence-electron chi connectivity index (χ1n) is 5.04. The first kappa shape index (κ1) is 9.90. The van der Waals surface area contributed by atoms with Gasteiger partial charge in [0.05, 0.1) is 0 Å². The zero-order valence-electron chi connectivity index (χ0n) is 9.03. The van der Waals surface area contributed by atoms with E-state index in [1.807, 2.05) is 37.3 Å². The van der Waals surface area contributed by atoms with Gasteiger partial charge >= 0.3 is 0 Å². The van der Waals surface area contributed by atoms with Crippen LogP contribution in [-0.4, -0.2) is 24.9 Å². The molecule has 0 bridgehead atoms. The molecule has 0 aliphatic heterocycles. The summed E-state index contributed by atoms with van der Waals surface area (Å²) < 4.78 is 0. The number of aromatic nitrogens is 1. The molecule has 0 aromatic carbocycles. The fourth-order valence-electron chi connectivity index (χ4n) is 1.66. The van der Waals surface area contributed by atoms with E-state index in [-0.39, 0.29) is 5.78 Å². The highest BCUT2D eigenvalue weighted by molar-refractivity contribution is 6.01. The molecule has 0 amide bonds. The summed E-state index contributed by atoms with van der Waals surface area (Å²) in [6, 6.07) is 3.99. The lowest BCUT2D eigenvalue weighted by Gasteiger charge is -2.11. The van der Waals surface area contributed by atoms with Gasteiger partial charge in [0.1, 0.15) is 5.82 Å². The molecule has 15 heavy (non-hydrogen) atoms. The Bertz CT molecular complexity index is 404. The SMILES string of the molecule is CN(C)c1ccc(C2=CC(=O)CC2)cn1. The van der Waals surface area contributed by atoms with Crippen LogP contribution in [0, 0.1) is 0 Å². The normalized spacial score (nSPS) is 15.3. The second kappa shape index (κ2) is 3.85. The van der Waals surface area contributed by atoms with Crippen molar-refractivity contribution in [1.29, 1.82) is 0 Å². The first-order valence-corrected chi connectivity index (χ1v) is 5.04. The van der Waals surface area contributed by atoms with Crippen molar-refractivity contribution >= 4 is 17.2 Å². The number of anilines is 1. The fourth-order valence-corrected chi connectivity index (χ4v) is 1.66. The first-order chi connectivity index (χ1) is 7.16. The van der Waals surface area contributed by atoms with Gasteiger partial charge < -0.3 is 4.90 Å². The summed E-state index contributed by atoms with van der Waals surface area (Å²) in [6.07, 6.45) is 5.05. The smallest absolute Gasteiger partial charge is 0.156 e. The number of nitrogens with zero attached hydrogens (tertiary/aromatic N) is 2. The van der Waals surface area contributed by atoms with Crippen LogP contribution in [0.5, 0.6) is 0 Å². The summed E-state index contributed by atoms with van der Waals surface area (Å²) in [5.41, 5.74) is 2.17. The second-order valence-electron chi connectivity index (χ2n) is 3.94. The van der Waals surface area contributed by atoms with E-state index in [0.29, 0.717) is 6.42 Å². The van der Waals surface area contributed by atoms with Crippen molar-refractivity contribution in [3.63, 3.8) is 0 Å². The van der Waals surface area contributed by atoms with Gasteiger partial charge in [-0.1, -0.05) is 0 Å². The zero-order chi connectivity index (χ0) is 10.8. The van der Waals surface area contributed by atoms with Gasteiger partial charge in [-0.25, -0.2) is 4.98 Å². The van der Waals surface area contributed by atoms with Crippen molar-refractivity contribution < 1.29 is 4.79 Å². The standard InChI is InChI=1S/C12H14N2O/c1-14(2)12-6-4-10(8-13-12)9-3-5-11(15)7-9/h4,6-8H,3,5H2,1-2H3. The van der Waals surface area contributed by atoms with Gasteiger partial charge in [0.2, 0.25) is 0 Å². The maximum absolute atomic E-state index is 11.1. The van der Waals surface area contributed by atoms with Crippen LogP contribution < -0.4 is 4.90 Å². The molecule has 0 fully saturated rings. The minimum absolute atomic E-state index is 0.224. The molecule has 1 aliphatic carbocycles. The van der Waals surface area contributed by atoms with Crippen LogP contribution in [0.4, 0.5) is 5.82 Å². The summed E-state index contributed by atoms with van der Waals surface area (Å²) in [6.45, 7) is 0. The summed E-state index contributed by atoms with van der Waals surface area (Å²) in [7, 11) is 3.92. The monoisotopic (exact) mass is 202 g/mol. The number of carbonyl (C=O) groups excluding carboxylic acids is 1. The average Bonchev–Trinajstić information content (AvgIpc) is 2.65. The number of allylic oxidation sites excluding steroid dienone is 2. The third-order valence-electron chi connectivity index (χ3n) is 2.55. The van der Waals surface area contributed by atoms with Gasteiger partial charge in [-0.2, -0.15) is 0 Å². The van der Waals surface area contributed by atoms with Crippen molar-refractivity contribution in [2.75, 3.05) is 19.0 Å². The lowest BCUT2D eigenvalue weighted by atomic mass is 10.1. The van der Waals surface area contributed by atoms with E-state index in [9.17, 15) is 4.79 Å². The van der Waals surface area contributed by atoms with Crippen LogP contribution in [0.3, 0.4) is 0 Å². The molecule has 0 N–H and O–H groups in total. The fraction of sp³-hybridized carbons (Fsp3) is 0.333. The third kappa shape index (κ3) is 2.06. The maximum atomic E-state index is 11.1. The van der Waals surface area contributed by atoms with E-state index in [4.69, 9.17) is 0 Å². The number of hydrogen-bond donors (Lipinski definition) is 0. The Labute approximate surface area is 89.4 Å². The molecule has 1 aliphatic rings. The minimum atomic E-state index is 0.224. The molecule has 0 radical (unpaired) electrons. The van der Waals surface area contributed by atoms with Crippen LogP contribution in [0.25, 0.3) is 5.57 Å². The second-order valence-corrected chi connectivity index (χ2v) is 3.94. The molecule has 0 saturated carbocycles. The van der Waals surface area contributed by atoms with Crippen molar-refractivity contribution in [2.24, 2.45) is 0 Å². The molecule has 1 heterocycles. The average molecular weight is 202 g/mol.